The Morgan fingerprint density at radius 1 is 0.800 bits per heavy atom. The maximum atomic E-state index is 13.2. The number of nitrogens with one attached hydrogen (secondary N) is 3. The number of carbonyl (C=O) groups is 5. The highest BCUT2D eigenvalue weighted by Gasteiger charge is 2.45. The minimum absolute atomic E-state index is 0.0426. The first-order chi connectivity index (χ1) is 26.6. The van der Waals surface area contributed by atoms with E-state index in [0.717, 1.165) is 39.2 Å². The summed E-state index contributed by atoms with van der Waals surface area (Å²) in [5.74, 6) is -1.47. The number of allylic oxidation sites excluding steroid dienone is 1. The smallest absolute Gasteiger partial charge is 0.264 e. The van der Waals surface area contributed by atoms with Crippen LogP contribution in [0.2, 0.25) is 0 Å². The van der Waals surface area contributed by atoms with E-state index >= 15 is 0 Å². The number of phenolic OH excluding ortho intramolecular Hbond substituents is 2. The Hall–Kier alpha value is -6.47. The number of benzene rings is 4. The van der Waals surface area contributed by atoms with Crippen molar-refractivity contribution < 1.29 is 43.7 Å². The Morgan fingerprint density at radius 3 is 2.11 bits per heavy atom. The Morgan fingerprint density at radius 2 is 1.45 bits per heavy atom. The molecule has 0 aliphatic carbocycles. The summed E-state index contributed by atoms with van der Waals surface area (Å²) in [4.78, 5) is 63.5. The third kappa shape index (κ3) is 9.02. The molecule has 284 valence electrons. The molecular formula is C42H42N4O9. The molecule has 0 spiro atoms. The molecule has 0 bridgehead atoms. The van der Waals surface area contributed by atoms with Crippen LogP contribution in [0.5, 0.6) is 17.2 Å². The van der Waals surface area contributed by atoms with Crippen LogP contribution in [0.4, 0.5) is 5.69 Å². The predicted octanol–water partition coefficient (Wildman–Crippen LogP) is 4.88. The SMILES string of the molecule is CCC(=C(c1ccc(O)cc1)c1ccc(OCCNC(=O)CCOCCNc2cccc3c2C(=O)N(C2CCC(=O)NC2=O)C3=O)cc1)c1ccc(O)cc1. The molecule has 0 saturated carbocycles. The van der Waals surface area contributed by atoms with Crippen molar-refractivity contribution in [3.05, 3.63) is 119 Å². The van der Waals surface area contributed by atoms with Crippen molar-refractivity contribution in [1.82, 2.24) is 15.5 Å². The maximum absolute atomic E-state index is 13.2. The molecule has 55 heavy (non-hydrogen) atoms. The molecule has 5 amide bonds. The van der Waals surface area contributed by atoms with Gasteiger partial charge in [-0.25, -0.2) is 0 Å². The molecule has 1 atom stereocenters. The van der Waals surface area contributed by atoms with Gasteiger partial charge in [-0.3, -0.25) is 34.2 Å². The van der Waals surface area contributed by atoms with Gasteiger partial charge in [0.1, 0.15) is 29.9 Å². The zero-order chi connectivity index (χ0) is 38.9. The number of ether oxygens (including phenoxy) is 2. The van der Waals surface area contributed by atoms with E-state index in [1.54, 1.807) is 36.4 Å². The lowest BCUT2D eigenvalue weighted by molar-refractivity contribution is -0.136. The summed E-state index contributed by atoms with van der Waals surface area (Å²) < 4.78 is 11.5. The molecule has 6 rings (SSSR count). The van der Waals surface area contributed by atoms with Crippen molar-refractivity contribution in [3.8, 4) is 17.2 Å². The average molecular weight is 747 g/mol. The Balaban J connectivity index is 0.932. The summed E-state index contributed by atoms with van der Waals surface area (Å²) in [5.41, 5.74) is 5.73. The van der Waals surface area contributed by atoms with Gasteiger partial charge in [0.25, 0.3) is 11.8 Å². The van der Waals surface area contributed by atoms with Gasteiger partial charge in [0.05, 0.1) is 30.9 Å². The third-order valence-corrected chi connectivity index (χ3v) is 9.37. The van der Waals surface area contributed by atoms with Crippen molar-refractivity contribution in [3.63, 3.8) is 0 Å². The number of carbonyl (C=O) groups excluding carboxylic acids is 5. The number of nitrogens with zero attached hydrogens (tertiary/aromatic N) is 1. The zero-order valence-electron chi connectivity index (χ0n) is 30.3. The van der Waals surface area contributed by atoms with Crippen LogP contribution in [0.25, 0.3) is 11.1 Å². The number of rotatable bonds is 16. The van der Waals surface area contributed by atoms with Crippen molar-refractivity contribution >= 4 is 46.4 Å². The lowest BCUT2D eigenvalue weighted by atomic mass is 9.88. The van der Waals surface area contributed by atoms with Crippen LogP contribution in [0.15, 0.2) is 91.0 Å². The second kappa shape index (κ2) is 17.6. The monoisotopic (exact) mass is 746 g/mol. The van der Waals surface area contributed by atoms with Gasteiger partial charge in [-0.05, 0) is 89.2 Å². The molecule has 4 aromatic carbocycles. The summed E-state index contributed by atoms with van der Waals surface area (Å²) in [6.45, 7) is 3.33. The Bertz CT molecular complexity index is 2090. The van der Waals surface area contributed by atoms with E-state index in [1.165, 1.54) is 6.07 Å². The minimum Gasteiger partial charge on any atom is -0.508 e. The molecule has 0 aromatic heterocycles. The molecule has 2 aliphatic heterocycles. The van der Waals surface area contributed by atoms with Crippen molar-refractivity contribution in [2.45, 2.75) is 38.6 Å². The number of hydrogen-bond donors (Lipinski definition) is 5. The number of anilines is 1. The number of aromatic hydroxyl groups is 2. The summed E-state index contributed by atoms with van der Waals surface area (Å²) in [5, 5.41) is 27.8. The van der Waals surface area contributed by atoms with Crippen LogP contribution in [0.1, 0.15) is 70.0 Å². The second-order valence-corrected chi connectivity index (χ2v) is 13.0. The van der Waals surface area contributed by atoms with Gasteiger partial charge in [0.15, 0.2) is 0 Å². The highest BCUT2D eigenvalue weighted by Crippen LogP contribution is 2.36. The van der Waals surface area contributed by atoms with E-state index < -0.39 is 29.7 Å². The summed E-state index contributed by atoms with van der Waals surface area (Å²) in [6.07, 6.45) is 0.988. The van der Waals surface area contributed by atoms with Gasteiger partial charge in [-0.1, -0.05) is 49.4 Å². The molecular weight excluding hydrogens is 704 g/mol. The fourth-order valence-corrected chi connectivity index (χ4v) is 6.68. The van der Waals surface area contributed by atoms with Gasteiger partial charge in [-0.15, -0.1) is 0 Å². The lowest BCUT2D eigenvalue weighted by Gasteiger charge is -2.27. The Labute approximate surface area is 318 Å². The maximum Gasteiger partial charge on any atom is 0.264 e. The number of piperidine rings is 1. The predicted molar refractivity (Wildman–Crippen MR) is 204 cm³/mol. The highest BCUT2D eigenvalue weighted by atomic mass is 16.5. The first-order valence-electron chi connectivity index (χ1n) is 18.1. The molecule has 13 heteroatoms. The van der Waals surface area contributed by atoms with Crippen molar-refractivity contribution in [1.29, 1.82) is 0 Å². The third-order valence-electron chi connectivity index (χ3n) is 9.37. The molecule has 2 heterocycles. The number of amides is 5. The molecule has 0 radical (unpaired) electrons. The van der Waals surface area contributed by atoms with Gasteiger partial charge in [-0.2, -0.15) is 0 Å². The van der Waals surface area contributed by atoms with Crippen molar-refractivity contribution in [2.75, 3.05) is 38.2 Å². The van der Waals surface area contributed by atoms with Crippen LogP contribution in [0, 0.1) is 0 Å². The fraction of sp³-hybridized carbons (Fsp3) is 0.262. The van der Waals surface area contributed by atoms with E-state index in [0.29, 0.717) is 24.5 Å². The summed E-state index contributed by atoms with van der Waals surface area (Å²) in [7, 11) is 0. The normalized spacial score (nSPS) is 15.7. The molecule has 1 unspecified atom stereocenters. The van der Waals surface area contributed by atoms with Crippen molar-refractivity contribution in [2.24, 2.45) is 0 Å². The number of imide groups is 2. The quantitative estimate of drug-likeness (QED) is 0.0602. The van der Waals surface area contributed by atoms with E-state index in [2.05, 4.69) is 22.9 Å². The van der Waals surface area contributed by atoms with E-state index in [-0.39, 0.29) is 67.6 Å². The van der Waals surface area contributed by atoms with Gasteiger partial charge in [0.2, 0.25) is 17.7 Å². The van der Waals surface area contributed by atoms with E-state index in [9.17, 15) is 34.2 Å². The standard InChI is InChI=1S/C42H42N4O9/c1-2-32(26-6-12-29(47)13-7-26)38(27-8-14-30(48)15-9-27)28-10-16-31(17-11-28)55-25-22-44-36(49)20-23-54-24-21-43-34-5-3-4-33-39(34)42(53)46(41(33)52)35-18-19-37(50)45-40(35)51/h3-17,35,43,47-48H,2,18-25H2,1H3,(H,44,49)(H,45,50,51). The highest BCUT2D eigenvalue weighted by molar-refractivity contribution is 6.25. The van der Waals surface area contributed by atoms with Crippen LogP contribution in [-0.2, 0) is 19.1 Å². The van der Waals surface area contributed by atoms with E-state index in [1.807, 2.05) is 48.5 Å². The lowest BCUT2D eigenvalue weighted by Crippen LogP contribution is -2.54. The largest absolute Gasteiger partial charge is 0.508 e. The van der Waals surface area contributed by atoms with Crippen LogP contribution in [0.3, 0.4) is 0 Å². The van der Waals surface area contributed by atoms with Gasteiger partial charge in [0, 0.05) is 25.1 Å². The topological polar surface area (TPSA) is 184 Å². The fourth-order valence-electron chi connectivity index (χ4n) is 6.68. The van der Waals surface area contributed by atoms with E-state index in [4.69, 9.17) is 9.47 Å². The van der Waals surface area contributed by atoms with Crippen LogP contribution in [-0.4, -0.2) is 83.6 Å². The molecule has 2 aliphatic rings. The Kier molecular flexibility index (Phi) is 12.2. The van der Waals surface area contributed by atoms with Gasteiger partial charge >= 0.3 is 0 Å². The number of hydrogen-bond acceptors (Lipinski definition) is 10. The van der Waals surface area contributed by atoms with Crippen LogP contribution >= 0.6 is 0 Å². The molecule has 4 aromatic rings. The number of phenols is 2. The average Bonchev–Trinajstić information content (AvgIpc) is 3.44. The molecule has 1 saturated heterocycles. The van der Waals surface area contributed by atoms with Gasteiger partial charge < -0.3 is 30.3 Å². The molecule has 1 fully saturated rings. The molecule has 13 nitrogen and oxygen atoms in total. The zero-order valence-corrected chi connectivity index (χ0v) is 30.3. The minimum atomic E-state index is -1.04. The first kappa shape index (κ1) is 38.3. The summed E-state index contributed by atoms with van der Waals surface area (Å²) in [6, 6.07) is 25.6. The van der Waals surface area contributed by atoms with Crippen LogP contribution < -0.4 is 20.7 Å². The first-order valence-corrected chi connectivity index (χ1v) is 18.1. The second-order valence-electron chi connectivity index (χ2n) is 13.0. The number of fused-ring (bicyclic) bond motifs is 1. The summed E-state index contributed by atoms with van der Waals surface area (Å²) >= 11 is 0. The molecule has 5 N–H and O–H groups in total.